The smallest absolute Gasteiger partial charge is 0.270 e. The van der Waals surface area contributed by atoms with Crippen molar-refractivity contribution in [2.24, 2.45) is 5.92 Å². The minimum absolute atomic E-state index is 0.00603. The highest BCUT2D eigenvalue weighted by atomic mass is 35.7. The molecule has 0 bridgehead atoms. The molecule has 0 aromatic carbocycles. The van der Waals surface area contributed by atoms with Crippen LogP contribution in [-0.4, -0.2) is 20.9 Å². The van der Waals surface area contributed by atoms with Crippen molar-refractivity contribution in [2.45, 2.75) is 23.5 Å². The van der Waals surface area contributed by atoms with Crippen LogP contribution >= 0.6 is 22.0 Å². The average Bonchev–Trinajstić information content (AvgIpc) is 2.91. The van der Waals surface area contributed by atoms with Gasteiger partial charge in [-0.25, -0.2) is 8.42 Å². The molecule has 0 saturated heterocycles. The zero-order valence-electron chi connectivity index (χ0n) is 8.98. The van der Waals surface area contributed by atoms with Gasteiger partial charge in [-0.2, -0.15) is 0 Å². The Kier molecular flexibility index (Phi) is 3.75. The maximum atomic E-state index is 11.6. The fourth-order valence-electron chi connectivity index (χ4n) is 1.46. The summed E-state index contributed by atoms with van der Waals surface area (Å²) in [6, 6.07) is 1.31. The number of carbonyl (C=O) groups is 1. The Morgan fingerprint density at radius 1 is 1.53 bits per heavy atom. The Hall–Kier alpha value is -0.590. The summed E-state index contributed by atoms with van der Waals surface area (Å²) in [7, 11) is 1.45. The molecule has 2 rings (SSSR count). The van der Waals surface area contributed by atoms with E-state index >= 15 is 0 Å². The number of carbonyl (C=O) groups excluding carboxylic acids is 1. The first-order chi connectivity index (χ1) is 7.97. The lowest BCUT2D eigenvalue weighted by Gasteiger charge is -2.01. The zero-order valence-corrected chi connectivity index (χ0v) is 11.4. The molecule has 0 atom stereocenters. The van der Waals surface area contributed by atoms with E-state index in [1.165, 1.54) is 24.3 Å². The van der Waals surface area contributed by atoms with Crippen LogP contribution in [0.3, 0.4) is 0 Å². The van der Waals surface area contributed by atoms with E-state index in [1.807, 2.05) is 0 Å². The molecule has 94 valence electrons. The molecule has 0 aliphatic heterocycles. The third kappa shape index (κ3) is 3.69. The van der Waals surface area contributed by atoms with Gasteiger partial charge in [0.2, 0.25) is 0 Å². The van der Waals surface area contributed by atoms with Gasteiger partial charge in [-0.3, -0.25) is 4.79 Å². The van der Waals surface area contributed by atoms with Crippen molar-refractivity contribution in [2.75, 3.05) is 6.54 Å². The third-order valence-electron chi connectivity index (χ3n) is 2.61. The van der Waals surface area contributed by atoms with Crippen LogP contribution in [0.15, 0.2) is 15.7 Å². The van der Waals surface area contributed by atoms with Gasteiger partial charge < -0.3 is 5.32 Å². The molecule has 1 saturated carbocycles. The van der Waals surface area contributed by atoms with E-state index in [0.29, 0.717) is 12.1 Å². The van der Waals surface area contributed by atoms with Crippen molar-refractivity contribution in [1.29, 1.82) is 0 Å². The van der Waals surface area contributed by atoms with Crippen LogP contribution in [0.25, 0.3) is 0 Å². The van der Waals surface area contributed by atoms with Gasteiger partial charge >= 0.3 is 0 Å². The molecule has 1 fully saturated rings. The molecule has 1 amide bonds. The zero-order chi connectivity index (χ0) is 12.5. The van der Waals surface area contributed by atoms with Crippen LogP contribution in [0.5, 0.6) is 0 Å². The maximum absolute atomic E-state index is 11.6. The fraction of sp³-hybridized carbons (Fsp3) is 0.500. The SMILES string of the molecule is O=C(NCCC1CC1)c1csc(S(=O)(=O)Cl)c1. The van der Waals surface area contributed by atoms with Crippen molar-refractivity contribution in [3.8, 4) is 0 Å². The highest BCUT2D eigenvalue weighted by Gasteiger charge is 2.21. The lowest BCUT2D eigenvalue weighted by Crippen LogP contribution is -2.24. The Labute approximate surface area is 108 Å². The van der Waals surface area contributed by atoms with Gasteiger partial charge in [0.25, 0.3) is 15.0 Å². The number of hydrogen-bond acceptors (Lipinski definition) is 4. The lowest BCUT2D eigenvalue weighted by atomic mass is 10.3. The van der Waals surface area contributed by atoms with Gasteiger partial charge in [0.05, 0.1) is 5.56 Å². The largest absolute Gasteiger partial charge is 0.352 e. The summed E-state index contributed by atoms with van der Waals surface area (Å²) in [5, 5.41) is 4.27. The van der Waals surface area contributed by atoms with Gasteiger partial charge in [0.15, 0.2) is 0 Å². The minimum Gasteiger partial charge on any atom is -0.352 e. The molecular formula is C10H12ClNO3S2. The van der Waals surface area contributed by atoms with Gasteiger partial charge in [-0.05, 0) is 18.4 Å². The molecule has 0 radical (unpaired) electrons. The molecule has 1 aliphatic carbocycles. The summed E-state index contributed by atoms with van der Waals surface area (Å²) < 4.78 is 22.1. The van der Waals surface area contributed by atoms with Crippen molar-refractivity contribution in [3.63, 3.8) is 0 Å². The topological polar surface area (TPSA) is 63.2 Å². The number of halogens is 1. The van der Waals surface area contributed by atoms with E-state index in [-0.39, 0.29) is 10.1 Å². The monoisotopic (exact) mass is 293 g/mol. The lowest BCUT2D eigenvalue weighted by molar-refractivity contribution is 0.0953. The first kappa shape index (κ1) is 12.9. The summed E-state index contributed by atoms with van der Waals surface area (Å²) in [6.07, 6.45) is 3.50. The summed E-state index contributed by atoms with van der Waals surface area (Å²) in [5.74, 6) is 0.519. The van der Waals surface area contributed by atoms with E-state index in [9.17, 15) is 13.2 Å². The summed E-state index contributed by atoms with van der Waals surface area (Å²) in [5.41, 5.74) is 0.352. The van der Waals surface area contributed by atoms with Gasteiger partial charge in [-0.1, -0.05) is 12.8 Å². The Balaban J connectivity index is 1.91. The fourth-order valence-corrected chi connectivity index (χ4v) is 3.41. The summed E-state index contributed by atoms with van der Waals surface area (Å²) in [6.45, 7) is 0.641. The number of nitrogens with one attached hydrogen (secondary N) is 1. The van der Waals surface area contributed by atoms with Gasteiger partial charge in [0, 0.05) is 22.6 Å². The maximum Gasteiger partial charge on any atom is 0.270 e. The van der Waals surface area contributed by atoms with E-state index < -0.39 is 9.05 Å². The molecule has 0 unspecified atom stereocenters. The van der Waals surface area contributed by atoms with Crippen LogP contribution in [0.4, 0.5) is 0 Å². The second-order valence-electron chi connectivity index (χ2n) is 4.08. The van der Waals surface area contributed by atoms with Crippen molar-refractivity contribution in [1.82, 2.24) is 5.32 Å². The van der Waals surface area contributed by atoms with Crippen molar-refractivity contribution >= 4 is 37.0 Å². The second-order valence-corrected chi connectivity index (χ2v) is 7.78. The summed E-state index contributed by atoms with van der Waals surface area (Å²) >= 11 is 0.956. The van der Waals surface area contributed by atoms with E-state index in [1.54, 1.807) is 0 Å². The van der Waals surface area contributed by atoms with Gasteiger partial charge in [-0.15, -0.1) is 11.3 Å². The van der Waals surface area contributed by atoms with Crippen LogP contribution in [0.1, 0.15) is 29.6 Å². The minimum atomic E-state index is -3.73. The second kappa shape index (κ2) is 4.96. The van der Waals surface area contributed by atoms with Crippen LogP contribution in [0.2, 0.25) is 0 Å². The molecule has 1 N–H and O–H groups in total. The molecule has 1 aromatic rings. The molecule has 17 heavy (non-hydrogen) atoms. The van der Waals surface area contributed by atoms with Gasteiger partial charge in [0.1, 0.15) is 4.21 Å². The number of rotatable bonds is 5. The Morgan fingerprint density at radius 3 is 2.76 bits per heavy atom. The van der Waals surface area contributed by atoms with E-state index in [2.05, 4.69) is 5.32 Å². The average molecular weight is 294 g/mol. The number of thiophene rings is 1. The highest BCUT2D eigenvalue weighted by molar-refractivity contribution is 8.15. The van der Waals surface area contributed by atoms with E-state index in [4.69, 9.17) is 10.7 Å². The molecule has 7 heteroatoms. The molecule has 1 aromatic heterocycles. The first-order valence-electron chi connectivity index (χ1n) is 5.28. The predicted octanol–water partition coefficient (Wildman–Crippen LogP) is 2.21. The molecule has 1 aliphatic rings. The highest BCUT2D eigenvalue weighted by Crippen LogP contribution is 2.31. The molecule has 0 spiro atoms. The molecule has 1 heterocycles. The Bertz CT molecular complexity index is 519. The van der Waals surface area contributed by atoms with Crippen molar-refractivity contribution in [3.05, 3.63) is 17.0 Å². The van der Waals surface area contributed by atoms with Crippen LogP contribution in [-0.2, 0) is 9.05 Å². The normalized spacial score (nSPS) is 15.8. The predicted molar refractivity (Wildman–Crippen MR) is 67.0 cm³/mol. The standard InChI is InChI=1S/C10H12ClNO3S2/c11-17(14,15)9-5-8(6-16-9)10(13)12-4-3-7-1-2-7/h5-7H,1-4H2,(H,12,13). The van der Waals surface area contributed by atoms with Crippen LogP contribution < -0.4 is 5.32 Å². The Morgan fingerprint density at radius 2 is 2.24 bits per heavy atom. The quantitative estimate of drug-likeness (QED) is 0.847. The van der Waals surface area contributed by atoms with Crippen LogP contribution in [0, 0.1) is 5.92 Å². The molecule has 4 nitrogen and oxygen atoms in total. The van der Waals surface area contributed by atoms with E-state index in [0.717, 1.165) is 23.7 Å². The third-order valence-corrected chi connectivity index (χ3v) is 5.65. The number of hydrogen-bond donors (Lipinski definition) is 1. The number of amides is 1. The summed E-state index contributed by atoms with van der Waals surface area (Å²) in [4.78, 5) is 11.6. The first-order valence-corrected chi connectivity index (χ1v) is 8.47. The molecular weight excluding hydrogens is 282 g/mol. The van der Waals surface area contributed by atoms with Crippen molar-refractivity contribution < 1.29 is 13.2 Å².